The highest BCUT2D eigenvalue weighted by atomic mass is 79.9. The number of carbonyl (C=O) groups is 1. The normalized spacial score (nSPS) is 10.2. The monoisotopic (exact) mass is 293 g/mol. The van der Waals surface area contributed by atoms with Crippen molar-refractivity contribution in [2.45, 2.75) is 6.54 Å². The highest BCUT2D eigenvalue weighted by molar-refractivity contribution is 9.10. The second kappa shape index (κ2) is 5.63. The van der Waals surface area contributed by atoms with Crippen LogP contribution in [0, 0.1) is 0 Å². The number of amides is 1. The van der Waals surface area contributed by atoms with Crippen LogP contribution in [0.2, 0.25) is 0 Å². The van der Waals surface area contributed by atoms with E-state index in [0.29, 0.717) is 12.1 Å². The first kappa shape index (κ1) is 11.9. The van der Waals surface area contributed by atoms with Gasteiger partial charge in [-0.05, 0) is 28.1 Å². The number of aromatic nitrogens is 2. The average molecular weight is 294 g/mol. The van der Waals surface area contributed by atoms with Crippen molar-refractivity contribution in [1.29, 1.82) is 0 Å². The summed E-state index contributed by atoms with van der Waals surface area (Å²) in [6, 6.07) is 7.36. The van der Waals surface area contributed by atoms with Crippen molar-refractivity contribution in [3.05, 3.63) is 53.0 Å². The standard InChI is InChI=1S/C12H12BrN3O/c13-11-4-2-1-3-10(11)12(17)15-6-8-16-7-5-14-9-16/h1-5,7,9H,6,8H2,(H,15,17). The van der Waals surface area contributed by atoms with Gasteiger partial charge in [0.1, 0.15) is 0 Å². The van der Waals surface area contributed by atoms with Gasteiger partial charge in [0, 0.05) is 30.0 Å². The van der Waals surface area contributed by atoms with Crippen molar-refractivity contribution >= 4 is 21.8 Å². The average Bonchev–Trinajstić information content (AvgIpc) is 2.82. The summed E-state index contributed by atoms with van der Waals surface area (Å²) in [5, 5.41) is 2.86. The number of nitrogens with one attached hydrogen (secondary N) is 1. The maximum atomic E-state index is 11.8. The minimum atomic E-state index is -0.0717. The zero-order valence-corrected chi connectivity index (χ0v) is 10.7. The van der Waals surface area contributed by atoms with Gasteiger partial charge < -0.3 is 9.88 Å². The van der Waals surface area contributed by atoms with E-state index in [1.807, 2.05) is 29.0 Å². The number of imidazole rings is 1. The minimum absolute atomic E-state index is 0.0717. The lowest BCUT2D eigenvalue weighted by molar-refractivity contribution is 0.0951. The van der Waals surface area contributed by atoms with Gasteiger partial charge in [-0.1, -0.05) is 12.1 Å². The lowest BCUT2D eigenvalue weighted by Gasteiger charge is -2.07. The van der Waals surface area contributed by atoms with Crippen molar-refractivity contribution in [2.24, 2.45) is 0 Å². The van der Waals surface area contributed by atoms with Crippen molar-refractivity contribution in [2.75, 3.05) is 6.54 Å². The third-order valence-electron chi connectivity index (χ3n) is 2.33. The second-order valence-corrected chi connectivity index (χ2v) is 4.39. The predicted molar refractivity (Wildman–Crippen MR) is 68.7 cm³/mol. The fourth-order valence-electron chi connectivity index (χ4n) is 1.46. The van der Waals surface area contributed by atoms with Gasteiger partial charge >= 0.3 is 0 Å². The molecule has 17 heavy (non-hydrogen) atoms. The van der Waals surface area contributed by atoms with Gasteiger partial charge in [-0.3, -0.25) is 4.79 Å². The van der Waals surface area contributed by atoms with Gasteiger partial charge in [-0.25, -0.2) is 4.98 Å². The Morgan fingerprint density at radius 2 is 2.24 bits per heavy atom. The van der Waals surface area contributed by atoms with E-state index in [1.54, 1.807) is 18.6 Å². The highest BCUT2D eigenvalue weighted by Gasteiger charge is 2.07. The molecule has 0 fully saturated rings. The Labute approximate surface area is 108 Å². The van der Waals surface area contributed by atoms with Crippen LogP contribution in [0.1, 0.15) is 10.4 Å². The number of hydrogen-bond donors (Lipinski definition) is 1. The fourth-order valence-corrected chi connectivity index (χ4v) is 1.92. The molecule has 0 bridgehead atoms. The second-order valence-electron chi connectivity index (χ2n) is 3.54. The Kier molecular flexibility index (Phi) is 3.93. The quantitative estimate of drug-likeness (QED) is 0.938. The summed E-state index contributed by atoms with van der Waals surface area (Å²) in [5.41, 5.74) is 0.651. The molecule has 0 aliphatic heterocycles. The van der Waals surface area contributed by atoms with Crippen LogP contribution in [0.4, 0.5) is 0 Å². The van der Waals surface area contributed by atoms with Crippen LogP contribution in [0.5, 0.6) is 0 Å². The summed E-state index contributed by atoms with van der Waals surface area (Å²) < 4.78 is 2.72. The molecular weight excluding hydrogens is 282 g/mol. The number of benzene rings is 1. The molecule has 0 atom stereocenters. The molecule has 1 amide bonds. The maximum Gasteiger partial charge on any atom is 0.252 e. The van der Waals surface area contributed by atoms with Crippen LogP contribution in [0.25, 0.3) is 0 Å². The minimum Gasteiger partial charge on any atom is -0.350 e. The van der Waals surface area contributed by atoms with Crippen molar-refractivity contribution in [1.82, 2.24) is 14.9 Å². The Morgan fingerprint density at radius 1 is 1.41 bits per heavy atom. The molecule has 4 nitrogen and oxygen atoms in total. The molecule has 1 aromatic heterocycles. The lowest BCUT2D eigenvalue weighted by atomic mass is 10.2. The van der Waals surface area contributed by atoms with Gasteiger partial charge in [0.05, 0.1) is 11.9 Å². The number of hydrogen-bond acceptors (Lipinski definition) is 2. The first-order valence-corrected chi connectivity index (χ1v) is 6.05. The topological polar surface area (TPSA) is 46.9 Å². The smallest absolute Gasteiger partial charge is 0.252 e. The van der Waals surface area contributed by atoms with Crippen molar-refractivity contribution < 1.29 is 4.79 Å². The first-order chi connectivity index (χ1) is 8.27. The van der Waals surface area contributed by atoms with Crippen LogP contribution in [-0.2, 0) is 6.54 Å². The summed E-state index contributed by atoms with van der Waals surface area (Å²) in [5.74, 6) is -0.0717. The zero-order valence-electron chi connectivity index (χ0n) is 9.14. The molecule has 0 spiro atoms. The summed E-state index contributed by atoms with van der Waals surface area (Å²) >= 11 is 3.35. The van der Waals surface area contributed by atoms with Gasteiger partial charge in [0.15, 0.2) is 0 Å². The van der Waals surface area contributed by atoms with E-state index < -0.39 is 0 Å². The van der Waals surface area contributed by atoms with Crippen LogP contribution >= 0.6 is 15.9 Å². The molecule has 2 aromatic rings. The van der Waals surface area contributed by atoms with E-state index in [1.165, 1.54) is 0 Å². The summed E-state index contributed by atoms with van der Waals surface area (Å²) in [6.45, 7) is 1.30. The number of halogens is 1. The maximum absolute atomic E-state index is 11.8. The molecule has 1 aromatic carbocycles. The summed E-state index contributed by atoms with van der Waals surface area (Å²) in [7, 11) is 0. The van der Waals surface area contributed by atoms with Crippen LogP contribution in [0.3, 0.4) is 0 Å². The van der Waals surface area contributed by atoms with Gasteiger partial charge in [0.25, 0.3) is 5.91 Å². The summed E-state index contributed by atoms with van der Waals surface area (Å²) in [6.07, 6.45) is 5.31. The van der Waals surface area contributed by atoms with Gasteiger partial charge in [-0.2, -0.15) is 0 Å². The summed E-state index contributed by atoms with van der Waals surface area (Å²) in [4.78, 5) is 15.8. The molecule has 0 unspecified atom stereocenters. The van der Waals surface area contributed by atoms with E-state index in [9.17, 15) is 4.79 Å². The van der Waals surface area contributed by atoms with E-state index in [2.05, 4.69) is 26.2 Å². The Balaban J connectivity index is 1.88. The number of carbonyl (C=O) groups excluding carboxylic acids is 1. The Morgan fingerprint density at radius 3 is 2.94 bits per heavy atom. The van der Waals surface area contributed by atoms with Crippen LogP contribution in [0.15, 0.2) is 47.5 Å². The molecule has 88 valence electrons. The zero-order chi connectivity index (χ0) is 12.1. The lowest BCUT2D eigenvalue weighted by Crippen LogP contribution is -2.27. The molecule has 2 rings (SSSR count). The van der Waals surface area contributed by atoms with Crippen LogP contribution < -0.4 is 5.32 Å². The fraction of sp³-hybridized carbons (Fsp3) is 0.167. The largest absolute Gasteiger partial charge is 0.350 e. The molecule has 0 radical (unpaired) electrons. The molecule has 0 aliphatic carbocycles. The van der Waals surface area contributed by atoms with E-state index in [-0.39, 0.29) is 5.91 Å². The van der Waals surface area contributed by atoms with E-state index in [4.69, 9.17) is 0 Å². The third-order valence-corrected chi connectivity index (χ3v) is 3.02. The molecular formula is C12H12BrN3O. The molecule has 1 N–H and O–H groups in total. The molecule has 5 heteroatoms. The van der Waals surface area contributed by atoms with Gasteiger partial charge in [0.2, 0.25) is 0 Å². The Bertz CT molecular complexity index is 496. The van der Waals surface area contributed by atoms with E-state index in [0.717, 1.165) is 11.0 Å². The number of nitrogens with zero attached hydrogens (tertiary/aromatic N) is 2. The molecule has 1 heterocycles. The SMILES string of the molecule is O=C(NCCn1ccnc1)c1ccccc1Br. The van der Waals surface area contributed by atoms with E-state index >= 15 is 0 Å². The Hall–Kier alpha value is -1.62. The van der Waals surface area contributed by atoms with Crippen molar-refractivity contribution in [3.63, 3.8) is 0 Å². The molecule has 0 saturated carbocycles. The van der Waals surface area contributed by atoms with Crippen molar-refractivity contribution in [3.8, 4) is 0 Å². The van der Waals surface area contributed by atoms with Crippen LogP contribution in [-0.4, -0.2) is 22.0 Å². The highest BCUT2D eigenvalue weighted by Crippen LogP contribution is 2.15. The molecule has 0 saturated heterocycles. The molecule has 0 aliphatic rings. The third kappa shape index (κ3) is 3.17. The predicted octanol–water partition coefficient (Wildman–Crippen LogP) is 2.08. The van der Waals surface area contributed by atoms with Gasteiger partial charge in [-0.15, -0.1) is 0 Å². The number of rotatable bonds is 4. The first-order valence-electron chi connectivity index (χ1n) is 5.26.